The molecule has 1 aliphatic rings. The van der Waals surface area contributed by atoms with Gasteiger partial charge in [0.2, 0.25) is 5.91 Å². The van der Waals surface area contributed by atoms with Gasteiger partial charge in [-0.15, -0.1) is 23.1 Å². The Bertz CT molecular complexity index is 688. The molecular weight excluding hydrogens is 360 g/mol. The maximum absolute atomic E-state index is 13.0. The highest BCUT2D eigenvalue weighted by atomic mass is 32.2. The van der Waals surface area contributed by atoms with Gasteiger partial charge in [-0.1, -0.05) is 6.07 Å². The Labute approximate surface area is 154 Å². The van der Waals surface area contributed by atoms with Crippen LogP contribution in [0.4, 0.5) is 0 Å². The number of carbonyl (C=O) groups excluding carboxylic acids is 2. The van der Waals surface area contributed by atoms with Crippen molar-refractivity contribution in [2.75, 3.05) is 26.0 Å². The molecule has 134 valence electrons. The van der Waals surface area contributed by atoms with Gasteiger partial charge in [0.1, 0.15) is 11.4 Å². The molecule has 2 unspecified atom stereocenters. The number of thioether (sulfide) groups is 1. The van der Waals surface area contributed by atoms with E-state index in [4.69, 9.17) is 9.15 Å². The van der Waals surface area contributed by atoms with Gasteiger partial charge in [0.15, 0.2) is 0 Å². The van der Waals surface area contributed by atoms with E-state index in [1.165, 1.54) is 11.3 Å². The third-order valence-corrected chi connectivity index (χ3v) is 6.10. The molecule has 0 aliphatic carbocycles. The lowest BCUT2D eigenvalue weighted by Crippen LogP contribution is -2.48. The van der Waals surface area contributed by atoms with Crippen molar-refractivity contribution in [3.05, 3.63) is 46.5 Å². The molecule has 0 bridgehead atoms. The molecule has 1 saturated heterocycles. The van der Waals surface area contributed by atoms with Crippen LogP contribution in [0.1, 0.15) is 27.0 Å². The van der Waals surface area contributed by atoms with Gasteiger partial charge in [0, 0.05) is 31.6 Å². The smallest absolute Gasteiger partial charge is 0.265 e. The summed E-state index contributed by atoms with van der Waals surface area (Å²) in [4.78, 5) is 27.9. The molecule has 25 heavy (non-hydrogen) atoms. The molecular formula is C17H20N2O4S2. The zero-order chi connectivity index (χ0) is 17.6. The minimum Gasteiger partial charge on any atom is -0.472 e. The van der Waals surface area contributed by atoms with Gasteiger partial charge < -0.3 is 19.4 Å². The molecule has 1 N–H and O–H groups in total. The molecule has 1 fully saturated rings. The summed E-state index contributed by atoms with van der Waals surface area (Å²) < 4.78 is 10.2. The van der Waals surface area contributed by atoms with E-state index in [-0.39, 0.29) is 17.2 Å². The zero-order valence-corrected chi connectivity index (χ0v) is 15.5. The number of amides is 2. The second kappa shape index (κ2) is 8.55. The van der Waals surface area contributed by atoms with Crippen molar-refractivity contribution in [1.82, 2.24) is 10.2 Å². The van der Waals surface area contributed by atoms with E-state index < -0.39 is 6.04 Å². The summed E-state index contributed by atoms with van der Waals surface area (Å²) in [6.07, 6.45) is 3.96. The maximum atomic E-state index is 13.0. The quantitative estimate of drug-likeness (QED) is 0.748. The highest BCUT2D eigenvalue weighted by Crippen LogP contribution is 2.42. The fourth-order valence-corrected chi connectivity index (χ4v) is 4.78. The minimum atomic E-state index is -0.498. The van der Waals surface area contributed by atoms with Gasteiger partial charge in [-0.3, -0.25) is 9.59 Å². The van der Waals surface area contributed by atoms with Crippen molar-refractivity contribution in [3.63, 3.8) is 0 Å². The molecule has 0 aromatic carbocycles. The maximum Gasteiger partial charge on any atom is 0.265 e. The highest BCUT2D eigenvalue weighted by molar-refractivity contribution is 7.99. The minimum absolute atomic E-state index is 0.122. The Hall–Kier alpha value is -1.77. The lowest BCUT2D eigenvalue weighted by atomic mass is 10.2. The molecule has 2 amide bonds. The first-order valence-electron chi connectivity index (χ1n) is 7.99. The van der Waals surface area contributed by atoms with Crippen LogP contribution in [0, 0.1) is 0 Å². The van der Waals surface area contributed by atoms with Crippen LogP contribution in [0.5, 0.6) is 0 Å². The third kappa shape index (κ3) is 4.08. The largest absolute Gasteiger partial charge is 0.472 e. The molecule has 0 saturated carbocycles. The normalized spacial score (nSPS) is 20.0. The predicted molar refractivity (Wildman–Crippen MR) is 97.7 cm³/mol. The van der Waals surface area contributed by atoms with Gasteiger partial charge in [0.05, 0.1) is 17.4 Å². The van der Waals surface area contributed by atoms with Crippen LogP contribution in [0.15, 0.2) is 40.5 Å². The van der Waals surface area contributed by atoms with E-state index in [9.17, 15) is 9.59 Å². The topological polar surface area (TPSA) is 71.8 Å². The second-order valence-electron chi connectivity index (χ2n) is 5.59. The molecule has 2 atom stereocenters. The summed E-state index contributed by atoms with van der Waals surface area (Å²) >= 11 is 2.96. The van der Waals surface area contributed by atoms with Crippen LogP contribution in [0.25, 0.3) is 0 Å². The van der Waals surface area contributed by atoms with Crippen LogP contribution in [-0.4, -0.2) is 48.8 Å². The van der Waals surface area contributed by atoms with Gasteiger partial charge >= 0.3 is 0 Å². The van der Waals surface area contributed by atoms with Gasteiger partial charge in [-0.25, -0.2) is 0 Å². The predicted octanol–water partition coefficient (Wildman–Crippen LogP) is 2.75. The molecule has 3 heterocycles. The van der Waals surface area contributed by atoms with Crippen LogP contribution in [0.3, 0.4) is 0 Å². The molecule has 0 spiro atoms. The van der Waals surface area contributed by atoms with Crippen molar-refractivity contribution < 1.29 is 18.7 Å². The average molecular weight is 380 g/mol. The van der Waals surface area contributed by atoms with E-state index in [2.05, 4.69) is 5.32 Å². The van der Waals surface area contributed by atoms with Crippen LogP contribution >= 0.6 is 23.1 Å². The SMILES string of the molecule is COCCCNC(=O)C1CSC(c2ccoc2)N1C(=O)c1cccs1. The van der Waals surface area contributed by atoms with E-state index in [1.54, 1.807) is 42.4 Å². The molecule has 6 nitrogen and oxygen atoms in total. The number of rotatable bonds is 7. The summed E-state index contributed by atoms with van der Waals surface area (Å²) in [6.45, 7) is 1.13. The van der Waals surface area contributed by atoms with Gasteiger partial charge in [-0.2, -0.15) is 0 Å². The Balaban J connectivity index is 1.77. The van der Waals surface area contributed by atoms with E-state index in [0.717, 1.165) is 12.0 Å². The van der Waals surface area contributed by atoms with Crippen LogP contribution in [-0.2, 0) is 9.53 Å². The Morgan fingerprint density at radius 1 is 1.44 bits per heavy atom. The van der Waals surface area contributed by atoms with E-state index in [0.29, 0.717) is 23.8 Å². The summed E-state index contributed by atoms with van der Waals surface area (Å²) in [6, 6.07) is 4.97. The Morgan fingerprint density at radius 3 is 3.00 bits per heavy atom. The first-order chi connectivity index (χ1) is 12.2. The number of nitrogens with zero attached hydrogens (tertiary/aromatic N) is 1. The first-order valence-corrected chi connectivity index (χ1v) is 9.91. The van der Waals surface area contributed by atoms with Crippen LogP contribution in [0.2, 0.25) is 0 Å². The standard InChI is InChI=1S/C17H20N2O4S2/c1-22-7-3-6-18-15(20)13-11-25-17(12-5-8-23-10-12)19(13)16(21)14-4-2-9-24-14/h2,4-5,8-10,13,17H,3,6-7,11H2,1H3,(H,18,20). The van der Waals surface area contributed by atoms with Gasteiger partial charge in [-0.05, 0) is 23.9 Å². The molecule has 8 heteroatoms. The summed E-state index contributed by atoms with van der Waals surface area (Å²) in [5, 5.41) is 4.55. The number of methoxy groups -OCH3 is 1. The number of hydrogen-bond donors (Lipinski definition) is 1. The first kappa shape index (κ1) is 18.0. The molecule has 2 aromatic heterocycles. The number of ether oxygens (including phenoxy) is 1. The monoisotopic (exact) mass is 380 g/mol. The van der Waals surface area contributed by atoms with Crippen molar-refractivity contribution in [3.8, 4) is 0 Å². The van der Waals surface area contributed by atoms with Crippen LogP contribution < -0.4 is 5.32 Å². The summed E-state index contributed by atoms with van der Waals surface area (Å²) in [5.41, 5.74) is 0.893. The van der Waals surface area contributed by atoms with Crippen molar-refractivity contribution in [1.29, 1.82) is 0 Å². The third-order valence-electron chi connectivity index (χ3n) is 3.92. The average Bonchev–Trinajstić information content (AvgIpc) is 3.37. The van der Waals surface area contributed by atoms with Crippen molar-refractivity contribution >= 4 is 34.9 Å². The van der Waals surface area contributed by atoms with Crippen molar-refractivity contribution in [2.24, 2.45) is 0 Å². The zero-order valence-electron chi connectivity index (χ0n) is 13.8. The molecule has 1 aliphatic heterocycles. The number of carbonyl (C=O) groups is 2. The summed E-state index contributed by atoms with van der Waals surface area (Å²) in [5.74, 6) is 0.311. The Morgan fingerprint density at radius 2 is 2.32 bits per heavy atom. The summed E-state index contributed by atoms with van der Waals surface area (Å²) in [7, 11) is 1.63. The second-order valence-corrected chi connectivity index (χ2v) is 7.65. The van der Waals surface area contributed by atoms with Gasteiger partial charge in [0.25, 0.3) is 5.91 Å². The number of thiophene rings is 1. The number of furan rings is 1. The highest BCUT2D eigenvalue weighted by Gasteiger charge is 2.43. The van der Waals surface area contributed by atoms with E-state index in [1.807, 2.05) is 17.5 Å². The molecule has 2 aromatic rings. The molecule has 0 radical (unpaired) electrons. The van der Waals surface area contributed by atoms with Crippen molar-refractivity contribution in [2.45, 2.75) is 17.8 Å². The van der Waals surface area contributed by atoms with E-state index >= 15 is 0 Å². The lowest BCUT2D eigenvalue weighted by molar-refractivity contribution is -0.124. The lowest BCUT2D eigenvalue weighted by Gasteiger charge is -2.28. The fourth-order valence-electron chi connectivity index (χ4n) is 2.70. The Kier molecular flexibility index (Phi) is 6.17. The molecule has 3 rings (SSSR count). The number of hydrogen-bond acceptors (Lipinski definition) is 6. The number of nitrogens with one attached hydrogen (secondary N) is 1. The fraction of sp³-hybridized carbons (Fsp3) is 0.412.